The second-order valence-corrected chi connectivity index (χ2v) is 3.80. The molecule has 0 aliphatic carbocycles. The lowest BCUT2D eigenvalue weighted by atomic mass is 10.2. The van der Waals surface area contributed by atoms with Gasteiger partial charge in [-0.1, -0.05) is 5.92 Å². The molecule has 0 bridgehead atoms. The van der Waals surface area contributed by atoms with Crippen molar-refractivity contribution < 1.29 is 22.7 Å². The zero-order chi connectivity index (χ0) is 15.9. The van der Waals surface area contributed by atoms with Gasteiger partial charge in [0.1, 0.15) is 5.69 Å². The predicted molar refractivity (Wildman–Crippen MR) is 70.7 cm³/mol. The Hall–Kier alpha value is -2.49. The van der Waals surface area contributed by atoms with E-state index < -0.39 is 17.8 Å². The first-order valence-electron chi connectivity index (χ1n) is 5.98. The van der Waals surface area contributed by atoms with Crippen LogP contribution >= 0.6 is 0 Å². The maximum absolute atomic E-state index is 12.4. The predicted octanol–water partition coefficient (Wildman–Crippen LogP) is 2.23. The Balaban J connectivity index is 3.04. The van der Waals surface area contributed by atoms with Gasteiger partial charge in [-0.3, -0.25) is 4.98 Å². The Labute approximate surface area is 120 Å². The van der Waals surface area contributed by atoms with Crippen molar-refractivity contribution in [1.82, 2.24) is 10.3 Å². The van der Waals surface area contributed by atoms with Crippen LogP contribution in [-0.2, 0) is 15.7 Å². The molecule has 0 aliphatic rings. The van der Waals surface area contributed by atoms with E-state index in [-0.39, 0.29) is 18.8 Å². The number of terminal acetylenes is 1. The summed E-state index contributed by atoms with van der Waals surface area (Å²) in [6, 6.07) is 2.02. The van der Waals surface area contributed by atoms with Gasteiger partial charge in [0.15, 0.2) is 0 Å². The minimum Gasteiger partial charge on any atom is -0.463 e. The van der Waals surface area contributed by atoms with E-state index in [1.54, 1.807) is 6.92 Å². The third-order valence-electron chi connectivity index (χ3n) is 2.29. The lowest BCUT2D eigenvalue weighted by Crippen LogP contribution is -2.15. The molecule has 0 atom stereocenters. The van der Waals surface area contributed by atoms with E-state index in [0.717, 1.165) is 18.3 Å². The summed E-state index contributed by atoms with van der Waals surface area (Å²) in [6.45, 7) is 1.93. The van der Waals surface area contributed by atoms with Crippen LogP contribution in [0.5, 0.6) is 0 Å². The molecule has 1 aromatic rings. The number of esters is 1. The molecule has 0 aromatic carbocycles. The van der Waals surface area contributed by atoms with Crippen molar-refractivity contribution in [3.8, 4) is 12.3 Å². The van der Waals surface area contributed by atoms with Crippen molar-refractivity contribution in [3.05, 3.63) is 35.7 Å². The number of carbonyl (C=O) groups is 1. The smallest absolute Gasteiger partial charge is 0.433 e. The average Bonchev–Trinajstić information content (AvgIpc) is 2.43. The van der Waals surface area contributed by atoms with Gasteiger partial charge in [0, 0.05) is 17.8 Å². The number of pyridine rings is 1. The quantitative estimate of drug-likeness (QED) is 0.514. The molecule has 0 radical (unpaired) electrons. The van der Waals surface area contributed by atoms with Crippen molar-refractivity contribution in [3.63, 3.8) is 0 Å². The fourth-order valence-corrected chi connectivity index (χ4v) is 1.41. The highest BCUT2D eigenvalue weighted by Crippen LogP contribution is 2.27. The summed E-state index contributed by atoms with van der Waals surface area (Å²) >= 11 is 0. The molecule has 1 aromatic heterocycles. The molecule has 1 heterocycles. The van der Waals surface area contributed by atoms with Crippen LogP contribution in [0.25, 0.3) is 5.70 Å². The number of carbonyl (C=O) groups excluding carboxylic acids is 1. The van der Waals surface area contributed by atoms with Gasteiger partial charge in [0.2, 0.25) is 0 Å². The van der Waals surface area contributed by atoms with Crippen LogP contribution in [0.4, 0.5) is 13.2 Å². The fraction of sp³-hybridized carbons (Fsp3) is 0.286. The maximum Gasteiger partial charge on any atom is 0.433 e. The molecule has 7 heteroatoms. The number of ether oxygens (including phenoxy) is 1. The van der Waals surface area contributed by atoms with Crippen LogP contribution in [0.2, 0.25) is 0 Å². The Bertz CT molecular complexity index is 557. The van der Waals surface area contributed by atoms with Crippen LogP contribution in [0.15, 0.2) is 24.4 Å². The van der Waals surface area contributed by atoms with Crippen molar-refractivity contribution in [2.45, 2.75) is 13.1 Å². The Morgan fingerprint density at radius 3 is 2.71 bits per heavy atom. The summed E-state index contributed by atoms with van der Waals surface area (Å²) in [5.41, 5.74) is -0.474. The SMILES string of the molecule is C#CCN/C(=C/C(=O)OCC)c1ccc(C(F)(F)F)nc1. The highest BCUT2D eigenvalue weighted by atomic mass is 19.4. The fourth-order valence-electron chi connectivity index (χ4n) is 1.41. The first-order valence-corrected chi connectivity index (χ1v) is 5.98. The highest BCUT2D eigenvalue weighted by Gasteiger charge is 2.32. The monoisotopic (exact) mass is 298 g/mol. The summed E-state index contributed by atoms with van der Waals surface area (Å²) in [5, 5.41) is 2.74. The van der Waals surface area contributed by atoms with Gasteiger partial charge in [0.05, 0.1) is 18.8 Å². The van der Waals surface area contributed by atoms with Crippen molar-refractivity contribution in [1.29, 1.82) is 0 Å². The van der Waals surface area contributed by atoms with Crippen LogP contribution in [0, 0.1) is 12.3 Å². The van der Waals surface area contributed by atoms with E-state index in [2.05, 4.69) is 16.2 Å². The van der Waals surface area contributed by atoms with Gasteiger partial charge >= 0.3 is 12.1 Å². The van der Waals surface area contributed by atoms with Gasteiger partial charge in [-0.15, -0.1) is 6.42 Å². The number of alkyl halides is 3. The summed E-state index contributed by atoms with van der Waals surface area (Å²) in [7, 11) is 0. The minimum atomic E-state index is -4.52. The van der Waals surface area contributed by atoms with Gasteiger partial charge in [0.25, 0.3) is 0 Å². The molecule has 0 saturated heterocycles. The van der Waals surface area contributed by atoms with E-state index in [1.165, 1.54) is 6.07 Å². The Morgan fingerprint density at radius 2 is 2.24 bits per heavy atom. The van der Waals surface area contributed by atoms with E-state index in [0.29, 0.717) is 5.56 Å². The first kappa shape index (κ1) is 16.6. The molecule has 0 saturated carbocycles. The highest BCUT2D eigenvalue weighted by molar-refractivity contribution is 5.90. The summed E-state index contributed by atoms with van der Waals surface area (Å²) in [5.74, 6) is 1.68. The second-order valence-electron chi connectivity index (χ2n) is 3.80. The molecular formula is C14H13F3N2O2. The molecule has 0 aliphatic heterocycles. The van der Waals surface area contributed by atoms with Gasteiger partial charge < -0.3 is 10.1 Å². The third kappa shape index (κ3) is 5.18. The van der Waals surface area contributed by atoms with Gasteiger partial charge in [-0.2, -0.15) is 13.2 Å². The van der Waals surface area contributed by atoms with Crippen molar-refractivity contribution in [2.75, 3.05) is 13.2 Å². The van der Waals surface area contributed by atoms with Crippen molar-refractivity contribution in [2.24, 2.45) is 0 Å². The Kier molecular flexibility index (Phi) is 5.79. The molecule has 0 unspecified atom stereocenters. The zero-order valence-electron chi connectivity index (χ0n) is 11.2. The lowest BCUT2D eigenvalue weighted by molar-refractivity contribution is -0.141. The lowest BCUT2D eigenvalue weighted by Gasteiger charge is -2.10. The summed E-state index contributed by atoms with van der Waals surface area (Å²) in [6.07, 6.45) is 2.71. The molecule has 4 nitrogen and oxygen atoms in total. The van der Waals surface area contributed by atoms with E-state index in [9.17, 15) is 18.0 Å². The number of nitrogens with one attached hydrogen (secondary N) is 1. The number of rotatable bonds is 5. The van der Waals surface area contributed by atoms with E-state index in [1.807, 2.05) is 0 Å². The van der Waals surface area contributed by atoms with Gasteiger partial charge in [-0.25, -0.2) is 4.79 Å². The molecule has 112 valence electrons. The summed E-state index contributed by atoms with van der Waals surface area (Å²) < 4.78 is 42.1. The largest absolute Gasteiger partial charge is 0.463 e. The van der Waals surface area contributed by atoms with Gasteiger partial charge in [-0.05, 0) is 19.1 Å². The number of hydrogen-bond donors (Lipinski definition) is 1. The molecule has 1 N–H and O–H groups in total. The second kappa shape index (κ2) is 7.33. The molecular weight excluding hydrogens is 285 g/mol. The molecule has 21 heavy (non-hydrogen) atoms. The van der Waals surface area contributed by atoms with Crippen LogP contribution < -0.4 is 5.32 Å². The number of nitrogens with zero attached hydrogens (tertiary/aromatic N) is 1. The van der Waals surface area contributed by atoms with Crippen molar-refractivity contribution >= 4 is 11.7 Å². The topological polar surface area (TPSA) is 51.2 Å². The van der Waals surface area contributed by atoms with E-state index in [4.69, 9.17) is 11.2 Å². The standard InChI is InChI=1S/C14H13F3N2O2/c1-3-7-18-11(8-13(20)21-4-2)10-5-6-12(19-9-10)14(15,16)17/h1,5-6,8-9,18H,4,7H2,2H3/b11-8+. The van der Waals surface area contributed by atoms with Crippen LogP contribution in [-0.4, -0.2) is 24.1 Å². The first-order chi connectivity index (χ1) is 9.88. The van der Waals surface area contributed by atoms with Crippen LogP contribution in [0.1, 0.15) is 18.2 Å². The normalized spacial score (nSPS) is 11.7. The average molecular weight is 298 g/mol. The molecule has 0 fully saturated rings. The maximum atomic E-state index is 12.4. The minimum absolute atomic E-state index is 0.103. The van der Waals surface area contributed by atoms with E-state index >= 15 is 0 Å². The third-order valence-corrected chi connectivity index (χ3v) is 2.29. The van der Waals surface area contributed by atoms with Crippen LogP contribution in [0.3, 0.4) is 0 Å². The number of halogens is 3. The Morgan fingerprint density at radius 1 is 1.52 bits per heavy atom. The molecule has 0 spiro atoms. The number of hydrogen-bond acceptors (Lipinski definition) is 4. The number of aromatic nitrogens is 1. The zero-order valence-corrected chi connectivity index (χ0v) is 11.2. The molecule has 0 amide bonds. The summed E-state index contributed by atoms with van der Waals surface area (Å²) in [4.78, 5) is 14.7. The molecule has 1 rings (SSSR count).